The Morgan fingerprint density at radius 1 is 1.42 bits per heavy atom. The number of nitrogens with one attached hydrogen (secondary N) is 1. The average Bonchev–Trinajstić information content (AvgIpc) is 2.96. The number of aryl methyl sites for hydroxylation is 1. The molecule has 0 spiro atoms. The van der Waals surface area contributed by atoms with Crippen LogP contribution in [-0.2, 0) is 10.0 Å². The largest absolute Gasteiger partial charge is 0.478 e. The fourth-order valence-corrected chi connectivity index (χ4v) is 3.98. The third kappa shape index (κ3) is 2.37. The number of aromatic amines is 1. The van der Waals surface area contributed by atoms with E-state index in [1.54, 1.807) is 0 Å². The topological polar surface area (TPSA) is 103 Å². The van der Waals surface area contributed by atoms with Crippen molar-refractivity contribution in [2.45, 2.75) is 43.7 Å². The predicted molar refractivity (Wildman–Crippen MR) is 67.5 cm³/mol. The van der Waals surface area contributed by atoms with Crippen LogP contribution in [0.2, 0.25) is 0 Å². The highest BCUT2D eigenvalue weighted by molar-refractivity contribution is 7.89. The Labute approximate surface area is 111 Å². The van der Waals surface area contributed by atoms with E-state index in [0.717, 1.165) is 25.7 Å². The van der Waals surface area contributed by atoms with Gasteiger partial charge >= 0.3 is 5.97 Å². The number of rotatable bonds is 4. The molecule has 0 bridgehead atoms. The summed E-state index contributed by atoms with van der Waals surface area (Å²) in [6.45, 7) is 1.49. The Bertz CT molecular complexity index is 587. The van der Waals surface area contributed by atoms with E-state index in [1.807, 2.05) is 0 Å². The molecular weight excluding hydrogens is 270 g/mol. The smallest absolute Gasteiger partial charge is 0.340 e. The Morgan fingerprint density at radius 3 is 2.53 bits per heavy atom. The molecule has 0 radical (unpaired) electrons. The van der Waals surface area contributed by atoms with Crippen LogP contribution in [-0.4, -0.2) is 47.1 Å². The van der Waals surface area contributed by atoms with Crippen LogP contribution in [0.3, 0.4) is 0 Å². The van der Waals surface area contributed by atoms with E-state index < -0.39 is 21.0 Å². The predicted octanol–water partition coefficient (Wildman–Crippen LogP) is 0.979. The van der Waals surface area contributed by atoms with Gasteiger partial charge in [-0.3, -0.25) is 5.10 Å². The number of aromatic nitrogens is 2. The molecular formula is C11H17N3O4S. The molecule has 1 aromatic rings. The molecule has 2 N–H and O–H groups in total. The van der Waals surface area contributed by atoms with E-state index in [-0.39, 0.29) is 17.3 Å². The fraction of sp³-hybridized carbons (Fsp3) is 0.636. The van der Waals surface area contributed by atoms with Gasteiger partial charge < -0.3 is 5.11 Å². The summed E-state index contributed by atoms with van der Waals surface area (Å²) in [7, 11) is -2.38. The summed E-state index contributed by atoms with van der Waals surface area (Å²) in [5.74, 6) is -1.29. The molecule has 2 rings (SSSR count). The molecule has 0 aliphatic heterocycles. The number of aromatic carboxylic acids is 1. The van der Waals surface area contributed by atoms with E-state index in [2.05, 4.69) is 10.2 Å². The van der Waals surface area contributed by atoms with Crippen molar-refractivity contribution in [3.05, 3.63) is 11.3 Å². The molecule has 19 heavy (non-hydrogen) atoms. The lowest BCUT2D eigenvalue weighted by molar-refractivity contribution is 0.0691. The highest BCUT2D eigenvalue weighted by atomic mass is 32.2. The maximum Gasteiger partial charge on any atom is 0.340 e. The van der Waals surface area contributed by atoms with Crippen molar-refractivity contribution in [2.24, 2.45) is 0 Å². The van der Waals surface area contributed by atoms with Crippen molar-refractivity contribution in [1.82, 2.24) is 14.5 Å². The molecule has 0 saturated heterocycles. The Hall–Kier alpha value is -1.41. The third-order valence-corrected chi connectivity index (χ3v) is 5.43. The van der Waals surface area contributed by atoms with Crippen molar-refractivity contribution in [1.29, 1.82) is 0 Å². The van der Waals surface area contributed by atoms with Crippen LogP contribution in [0.4, 0.5) is 0 Å². The molecule has 1 heterocycles. The summed E-state index contributed by atoms with van der Waals surface area (Å²) in [4.78, 5) is 11.2. The summed E-state index contributed by atoms with van der Waals surface area (Å²) < 4.78 is 26.1. The van der Waals surface area contributed by atoms with Crippen LogP contribution in [0, 0.1) is 6.92 Å². The van der Waals surface area contributed by atoms with Gasteiger partial charge in [0.2, 0.25) is 5.03 Å². The zero-order valence-electron chi connectivity index (χ0n) is 10.9. The van der Waals surface area contributed by atoms with Crippen LogP contribution in [0.1, 0.15) is 41.7 Å². The highest BCUT2D eigenvalue weighted by Crippen LogP contribution is 2.28. The minimum atomic E-state index is -3.87. The standard InChI is InChI=1S/C11H17N3O4S/c1-7-9(11(15)16)10(13-12-7)19(17,18)14(2)8-5-3-4-6-8/h8H,3-6H2,1-2H3,(H,12,13)(H,15,16). The van der Waals surface area contributed by atoms with Crippen molar-refractivity contribution in [2.75, 3.05) is 7.05 Å². The van der Waals surface area contributed by atoms with Crippen LogP contribution in [0.15, 0.2) is 5.03 Å². The van der Waals surface area contributed by atoms with Gasteiger partial charge in [-0.1, -0.05) is 12.8 Å². The van der Waals surface area contributed by atoms with Crippen LogP contribution >= 0.6 is 0 Å². The molecule has 0 aromatic carbocycles. The zero-order valence-corrected chi connectivity index (χ0v) is 11.7. The Morgan fingerprint density at radius 2 is 2.00 bits per heavy atom. The van der Waals surface area contributed by atoms with E-state index in [4.69, 9.17) is 5.11 Å². The first-order chi connectivity index (χ1) is 8.85. The molecule has 1 fully saturated rings. The fourth-order valence-electron chi connectivity index (χ4n) is 2.45. The van der Waals surface area contributed by atoms with Gasteiger partial charge in [0.1, 0.15) is 5.56 Å². The monoisotopic (exact) mass is 287 g/mol. The minimum absolute atomic E-state index is 0.0661. The third-order valence-electron chi connectivity index (χ3n) is 3.59. The van der Waals surface area contributed by atoms with Crippen LogP contribution in [0.5, 0.6) is 0 Å². The Kier molecular flexibility index (Phi) is 3.64. The normalized spacial score (nSPS) is 17.2. The maximum absolute atomic E-state index is 12.4. The minimum Gasteiger partial charge on any atom is -0.478 e. The molecule has 0 unspecified atom stereocenters. The quantitative estimate of drug-likeness (QED) is 0.859. The van der Waals surface area contributed by atoms with Gasteiger partial charge in [-0.25, -0.2) is 13.2 Å². The van der Waals surface area contributed by atoms with Gasteiger partial charge in [0.05, 0.1) is 0 Å². The van der Waals surface area contributed by atoms with Crippen molar-refractivity contribution in [3.8, 4) is 0 Å². The first kappa shape index (κ1) is 14.0. The number of sulfonamides is 1. The van der Waals surface area contributed by atoms with Gasteiger partial charge in [0.15, 0.2) is 0 Å². The van der Waals surface area contributed by atoms with E-state index in [1.165, 1.54) is 18.3 Å². The molecule has 1 aromatic heterocycles. The average molecular weight is 287 g/mol. The number of carbonyl (C=O) groups is 1. The van der Waals surface area contributed by atoms with Gasteiger partial charge in [-0.05, 0) is 19.8 Å². The summed E-state index contributed by atoms with van der Waals surface area (Å²) >= 11 is 0. The van der Waals surface area contributed by atoms with E-state index in [0.29, 0.717) is 0 Å². The molecule has 8 heteroatoms. The lowest BCUT2D eigenvalue weighted by atomic mass is 10.3. The van der Waals surface area contributed by atoms with Crippen LogP contribution in [0.25, 0.3) is 0 Å². The number of carboxylic acid groups (broad SMARTS) is 1. The molecule has 106 valence electrons. The number of hydrogen-bond donors (Lipinski definition) is 2. The number of nitrogens with zero attached hydrogens (tertiary/aromatic N) is 2. The summed E-state index contributed by atoms with van der Waals surface area (Å²) in [5, 5.41) is 14.8. The first-order valence-electron chi connectivity index (χ1n) is 6.12. The van der Waals surface area contributed by atoms with Crippen LogP contribution < -0.4 is 0 Å². The lowest BCUT2D eigenvalue weighted by Crippen LogP contribution is -2.36. The molecule has 7 nitrogen and oxygen atoms in total. The first-order valence-corrected chi connectivity index (χ1v) is 7.56. The Balaban J connectivity index is 2.42. The van der Waals surface area contributed by atoms with Gasteiger partial charge in [-0.15, -0.1) is 0 Å². The van der Waals surface area contributed by atoms with Gasteiger partial charge in [0.25, 0.3) is 10.0 Å². The van der Waals surface area contributed by atoms with Gasteiger partial charge in [-0.2, -0.15) is 9.40 Å². The number of H-pyrrole nitrogens is 1. The van der Waals surface area contributed by atoms with E-state index in [9.17, 15) is 13.2 Å². The zero-order chi connectivity index (χ0) is 14.2. The summed E-state index contributed by atoms with van der Waals surface area (Å²) in [5.41, 5.74) is -0.0317. The van der Waals surface area contributed by atoms with Gasteiger partial charge in [0, 0.05) is 18.8 Å². The maximum atomic E-state index is 12.4. The van der Waals surface area contributed by atoms with Crippen molar-refractivity contribution < 1.29 is 18.3 Å². The van der Waals surface area contributed by atoms with Crippen molar-refractivity contribution in [3.63, 3.8) is 0 Å². The lowest BCUT2D eigenvalue weighted by Gasteiger charge is -2.22. The number of carboxylic acids is 1. The molecule has 1 saturated carbocycles. The van der Waals surface area contributed by atoms with Crippen molar-refractivity contribution >= 4 is 16.0 Å². The molecule has 0 atom stereocenters. The highest BCUT2D eigenvalue weighted by Gasteiger charge is 2.35. The molecule has 1 aliphatic carbocycles. The summed E-state index contributed by atoms with van der Waals surface area (Å²) in [6, 6.07) is -0.0661. The number of hydrogen-bond acceptors (Lipinski definition) is 4. The second kappa shape index (κ2) is 4.93. The second-order valence-electron chi connectivity index (χ2n) is 4.79. The van der Waals surface area contributed by atoms with E-state index >= 15 is 0 Å². The summed E-state index contributed by atoms with van der Waals surface area (Å²) in [6.07, 6.45) is 3.61. The second-order valence-corrected chi connectivity index (χ2v) is 6.71. The molecule has 1 aliphatic rings. The molecule has 0 amide bonds. The SMILES string of the molecule is Cc1[nH]nc(S(=O)(=O)N(C)C2CCCC2)c1C(=O)O.